The Hall–Kier alpha value is -3.80. The fourth-order valence-electron chi connectivity index (χ4n) is 3.79. The van der Waals surface area contributed by atoms with Crippen LogP contribution in [-0.4, -0.2) is 42.9 Å². The van der Waals surface area contributed by atoms with Crippen molar-refractivity contribution in [3.8, 4) is 11.5 Å². The molecule has 4 N–H and O–H groups in total. The zero-order valence-corrected chi connectivity index (χ0v) is 20.4. The van der Waals surface area contributed by atoms with Gasteiger partial charge in [0.1, 0.15) is 5.82 Å². The van der Waals surface area contributed by atoms with Crippen molar-refractivity contribution in [3.05, 3.63) is 51.3 Å². The van der Waals surface area contributed by atoms with Crippen molar-refractivity contribution in [1.29, 1.82) is 0 Å². The number of hydrogen-bond donors (Lipinski definition) is 3. The molecule has 0 atom stereocenters. The highest BCUT2D eigenvalue weighted by Gasteiger charge is 2.24. The largest absolute Gasteiger partial charge is 0.411 e. The number of nitrogens with two attached hydrogens (primary N) is 1. The molecule has 0 aliphatic heterocycles. The predicted molar refractivity (Wildman–Crippen MR) is 136 cm³/mol. The number of H-pyrrole nitrogens is 2. The van der Waals surface area contributed by atoms with E-state index in [4.69, 9.17) is 10.2 Å². The van der Waals surface area contributed by atoms with E-state index in [9.17, 15) is 14.4 Å². The zero-order valence-electron chi connectivity index (χ0n) is 19.5. The number of rotatable bonds is 10. The third kappa shape index (κ3) is 5.02. The van der Waals surface area contributed by atoms with Gasteiger partial charge in [0.25, 0.3) is 16.7 Å². The van der Waals surface area contributed by atoms with Crippen molar-refractivity contribution in [3.63, 3.8) is 0 Å². The number of carbonyl (C=O) groups is 1. The van der Waals surface area contributed by atoms with Gasteiger partial charge < -0.3 is 20.0 Å². The number of nitrogen functional groups attached to an aromatic ring is 1. The predicted octanol–water partition coefficient (Wildman–Crippen LogP) is 2.99. The van der Waals surface area contributed by atoms with E-state index in [0.717, 1.165) is 34.6 Å². The second-order valence-corrected chi connectivity index (χ2v) is 8.88. The summed E-state index contributed by atoms with van der Waals surface area (Å²) in [6.45, 7) is 4.49. The van der Waals surface area contributed by atoms with Gasteiger partial charge >= 0.3 is 5.69 Å². The molecule has 0 radical (unpaired) electrons. The Labute approximate surface area is 204 Å². The Balaban J connectivity index is 1.55. The van der Waals surface area contributed by atoms with Gasteiger partial charge in [0.2, 0.25) is 5.91 Å². The molecule has 0 unspecified atom stereocenters. The lowest BCUT2D eigenvalue weighted by atomic mass is 10.2. The van der Waals surface area contributed by atoms with E-state index in [1.54, 1.807) is 6.20 Å². The number of aromatic amines is 2. The summed E-state index contributed by atoms with van der Waals surface area (Å²) in [4.78, 5) is 44.8. The third-order valence-electron chi connectivity index (χ3n) is 5.51. The minimum absolute atomic E-state index is 0.0119. The third-order valence-corrected chi connectivity index (χ3v) is 6.32. The number of carbonyl (C=O) groups excluding carboxylic acids is 1. The molecule has 4 aromatic rings. The monoisotopic (exact) mass is 497 g/mol. The standard InChI is InChI=1S/C23H27N7O4S/c1-3-5-11-29(18-19(24)30(10-4-2)22(33)26-20(18)32)17(31)13-35-23-28-27-21(34-23)15-12-25-16-9-7-6-8-14(15)16/h6-9,12,25H,3-5,10-11,13,24H2,1-2H3,(H,26,32,33). The van der Waals surface area contributed by atoms with Crippen LogP contribution in [0, 0.1) is 0 Å². The number of para-hydroxylation sites is 1. The highest BCUT2D eigenvalue weighted by molar-refractivity contribution is 7.99. The number of aromatic nitrogens is 5. The normalized spacial score (nSPS) is 11.3. The van der Waals surface area contributed by atoms with E-state index < -0.39 is 11.2 Å². The number of benzene rings is 1. The number of nitrogens with zero attached hydrogens (tertiary/aromatic N) is 4. The lowest BCUT2D eigenvalue weighted by Gasteiger charge is -2.24. The van der Waals surface area contributed by atoms with Gasteiger partial charge in [0, 0.05) is 30.2 Å². The summed E-state index contributed by atoms with van der Waals surface area (Å²) in [5.41, 5.74) is 6.62. The zero-order chi connectivity index (χ0) is 24.9. The Morgan fingerprint density at radius 2 is 2.00 bits per heavy atom. The highest BCUT2D eigenvalue weighted by atomic mass is 32.2. The van der Waals surface area contributed by atoms with E-state index in [1.807, 2.05) is 38.1 Å². The van der Waals surface area contributed by atoms with Gasteiger partial charge in [-0.3, -0.25) is 19.1 Å². The van der Waals surface area contributed by atoms with Crippen LogP contribution in [0.5, 0.6) is 0 Å². The van der Waals surface area contributed by atoms with E-state index in [0.29, 0.717) is 25.3 Å². The summed E-state index contributed by atoms with van der Waals surface area (Å²) in [5.74, 6) is -0.0819. The van der Waals surface area contributed by atoms with Gasteiger partial charge in [0.05, 0.1) is 11.3 Å². The number of anilines is 2. The number of hydrogen-bond acceptors (Lipinski definition) is 8. The maximum atomic E-state index is 13.2. The van der Waals surface area contributed by atoms with Crippen molar-refractivity contribution in [2.45, 2.75) is 44.9 Å². The second-order valence-electron chi connectivity index (χ2n) is 7.95. The van der Waals surface area contributed by atoms with E-state index in [-0.39, 0.29) is 34.9 Å². The molecule has 11 nitrogen and oxygen atoms in total. The number of nitrogens with one attached hydrogen (secondary N) is 2. The van der Waals surface area contributed by atoms with Gasteiger partial charge in [-0.15, -0.1) is 10.2 Å². The van der Waals surface area contributed by atoms with Crippen molar-refractivity contribution >= 4 is 40.1 Å². The van der Waals surface area contributed by atoms with Crippen LogP contribution in [0.15, 0.2) is 49.7 Å². The Morgan fingerprint density at radius 1 is 1.20 bits per heavy atom. The fourth-order valence-corrected chi connectivity index (χ4v) is 4.43. The first-order valence-electron chi connectivity index (χ1n) is 11.4. The first kappa shape index (κ1) is 24.3. The maximum absolute atomic E-state index is 13.2. The number of amides is 1. The molecule has 0 spiro atoms. The average molecular weight is 498 g/mol. The molecular weight excluding hydrogens is 470 g/mol. The molecule has 0 saturated heterocycles. The molecule has 184 valence electrons. The van der Waals surface area contributed by atoms with Crippen molar-refractivity contribution in [2.75, 3.05) is 22.9 Å². The first-order valence-corrected chi connectivity index (χ1v) is 12.4. The minimum Gasteiger partial charge on any atom is -0.411 e. The van der Waals surface area contributed by atoms with Gasteiger partial charge in [-0.2, -0.15) is 0 Å². The minimum atomic E-state index is -0.686. The molecule has 1 aromatic carbocycles. The smallest absolute Gasteiger partial charge is 0.330 e. The van der Waals surface area contributed by atoms with Crippen LogP contribution in [0.2, 0.25) is 0 Å². The SMILES string of the molecule is CCCCN(C(=O)CSc1nnc(-c2c[nH]c3ccccc23)o1)c1c(N)n(CCC)c(=O)[nH]c1=O. The van der Waals surface area contributed by atoms with Crippen molar-refractivity contribution in [2.24, 2.45) is 0 Å². The molecule has 4 rings (SSSR count). The fraction of sp³-hybridized carbons (Fsp3) is 0.348. The summed E-state index contributed by atoms with van der Waals surface area (Å²) in [7, 11) is 0. The van der Waals surface area contributed by atoms with Gasteiger partial charge in [-0.25, -0.2) is 4.79 Å². The van der Waals surface area contributed by atoms with Crippen LogP contribution in [0.4, 0.5) is 11.5 Å². The molecule has 0 aliphatic rings. The number of unbranched alkanes of at least 4 members (excludes halogenated alkanes) is 1. The number of fused-ring (bicyclic) bond motifs is 1. The summed E-state index contributed by atoms with van der Waals surface area (Å²) >= 11 is 1.07. The van der Waals surface area contributed by atoms with Crippen LogP contribution >= 0.6 is 11.8 Å². The quantitative estimate of drug-likeness (QED) is 0.282. The molecule has 12 heteroatoms. The molecule has 0 fully saturated rings. The van der Waals surface area contributed by atoms with Crippen LogP contribution in [0.1, 0.15) is 33.1 Å². The van der Waals surface area contributed by atoms with Crippen LogP contribution in [0.25, 0.3) is 22.4 Å². The molecule has 1 amide bonds. The maximum Gasteiger partial charge on any atom is 0.330 e. The summed E-state index contributed by atoms with van der Waals surface area (Å²) < 4.78 is 7.06. The van der Waals surface area contributed by atoms with Crippen LogP contribution in [0.3, 0.4) is 0 Å². The molecule has 3 aromatic heterocycles. The summed E-state index contributed by atoms with van der Waals surface area (Å²) in [5, 5.41) is 9.35. The van der Waals surface area contributed by atoms with Gasteiger partial charge in [-0.05, 0) is 18.9 Å². The summed E-state index contributed by atoms with van der Waals surface area (Å²) in [6, 6.07) is 7.75. The van der Waals surface area contributed by atoms with Crippen molar-refractivity contribution < 1.29 is 9.21 Å². The molecule has 0 aliphatic carbocycles. The first-order chi connectivity index (χ1) is 16.9. The topological polar surface area (TPSA) is 156 Å². The second kappa shape index (κ2) is 10.6. The molecule has 35 heavy (non-hydrogen) atoms. The number of thioether (sulfide) groups is 1. The highest BCUT2D eigenvalue weighted by Crippen LogP contribution is 2.30. The lowest BCUT2D eigenvalue weighted by Crippen LogP contribution is -2.42. The van der Waals surface area contributed by atoms with E-state index in [2.05, 4.69) is 20.2 Å². The molecule has 0 saturated carbocycles. The van der Waals surface area contributed by atoms with Crippen LogP contribution < -0.4 is 21.9 Å². The summed E-state index contributed by atoms with van der Waals surface area (Å²) in [6.07, 6.45) is 3.91. The van der Waals surface area contributed by atoms with E-state index >= 15 is 0 Å². The average Bonchev–Trinajstić information content (AvgIpc) is 3.49. The Bertz CT molecular complexity index is 1450. The molecule has 0 bridgehead atoms. The molecule has 3 heterocycles. The Kier molecular flexibility index (Phi) is 7.39. The van der Waals surface area contributed by atoms with Crippen LogP contribution in [-0.2, 0) is 11.3 Å². The van der Waals surface area contributed by atoms with Gasteiger partial charge in [-0.1, -0.05) is 50.2 Å². The van der Waals surface area contributed by atoms with Gasteiger partial charge in [0.15, 0.2) is 5.69 Å². The van der Waals surface area contributed by atoms with Crippen molar-refractivity contribution in [1.82, 2.24) is 24.7 Å². The lowest BCUT2D eigenvalue weighted by molar-refractivity contribution is -0.116. The Morgan fingerprint density at radius 3 is 2.77 bits per heavy atom. The molecular formula is C23H27N7O4S. The van der Waals surface area contributed by atoms with E-state index in [1.165, 1.54) is 9.47 Å².